The lowest BCUT2D eigenvalue weighted by Gasteiger charge is -2.24. The maximum Gasteiger partial charge on any atom is 0.122 e. The fourth-order valence-electron chi connectivity index (χ4n) is 1.78. The van der Waals surface area contributed by atoms with Crippen LogP contribution < -0.4 is 10.1 Å². The second kappa shape index (κ2) is 7.42. The average Bonchev–Trinajstić information content (AvgIpc) is 2.29. The fourth-order valence-corrected chi connectivity index (χ4v) is 1.78. The van der Waals surface area contributed by atoms with E-state index in [9.17, 15) is 0 Å². The number of benzene rings is 1. The van der Waals surface area contributed by atoms with Gasteiger partial charge in [-0.1, -0.05) is 45.9 Å². The summed E-state index contributed by atoms with van der Waals surface area (Å²) in [6.07, 6.45) is 0.227. The molecule has 0 heterocycles. The summed E-state index contributed by atoms with van der Waals surface area (Å²) < 4.78 is 6.13. The summed E-state index contributed by atoms with van der Waals surface area (Å²) in [5.74, 6) is 2.18. The van der Waals surface area contributed by atoms with E-state index in [1.54, 1.807) is 0 Å². The topological polar surface area (TPSA) is 21.3 Å². The Hall–Kier alpha value is -1.02. The summed E-state index contributed by atoms with van der Waals surface area (Å²) in [6, 6.07) is 8.21. The van der Waals surface area contributed by atoms with Crippen molar-refractivity contribution in [2.24, 2.45) is 11.8 Å². The van der Waals surface area contributed by atoms with Crippen molar-refractivity contribution in [2.45, 2.75) is 40.7 Å². The van der Waals surface area contributed by atoms with Gasteiger partial charge in [-0.25, -0.2) is 0 Å². The van der Waals surface area contributed by atoms with Gasteiger partial charge in [0.15, 0.2) is 0 Å². The minimum absolute atomic E-state index is 0.227. The first kappa shape index (κ1) is 15.0. The zero-order chi connectivity index (χ0) is 13.5. The second-order valence-corrected chi connectivity index (χ2v) is 5.72. The first-order valence-corrected chi connectivity index (χ1v) is 6.93. The summed E-state index contributed by atoms with van der Waals surface area (Å²) in [5, 5.41) is 3.48. The van der Waals surface area contributed by atoms with Gasteiger partial charge in [0.05, 0.1) is 0 Å². The Morgan fingerprint density at radius 2 is 1.72 bits per heavy atom. The third kappa shape index (κ3) is 5.09. The highest BCUT2D eigenvalue weighted by atomic mass is 16.5. The van der Waals surface area contributed by atoms with Crippen molar-refractivity contribution in [3.63, 3.8) is 0 Å². The molecule has 0 aliphatic heterocycles. The van der Waals surface area contributed by atoms with Crippen molar-refractivity contribution in [1.82, 2.24) is 5.32 Å². The quantitative estimate of drug-likeness (QED) is 0.796. The molecule has 2 heteroatoms. The van der Waals surface area contributed by atoms with Crippen molar-refractivity contribution in [3.05, 3.63) is 29.8 Å². The van der Waals surface area contributed by atoms with E-state index in [4.69, 9.17) is 4.74 Å². The molecule has 1 atom stereocenters. The van der Waals surface area contributed by atoms with E-state index in [0.29, 0.717) is 11.8 Å². The van der Waals surface area contributed by atoms with Crippen LogP contribution in [0.2, 0.25) is 0 Å². The Bertz CT molecular complexity index is 347. The number of aryl methyl sites for hydroxylation is 1. The summed E-state index contributed by atoms with van der Waals surface area (Å²) in [4.78, 5) is 0. The van der Waals surface area contributed by atoms with Gasteiger partial charge in [0.1, 0.15) is 11.9 Å². The lowest BCUT2D eigenvalue weighted by molar-refractivity contribution is 0.147. The maximum atomic E-state index is 6.13. The third-order valence-corrected chi connectivity index (χ3v) is 3.01. The summed E-state index contributed by atoms with van der Waals surface area (Å²) in [6.45, 7) is 12.9. The van der Waals surface area contributed by atoms with E-state index in [1.165, 1.54) is 5.56 Å². The predicted molar refractivity (Wildman–Crippen MR) is 78.1 cm³/mol. The number of ether oxygens (including phenoxy) is 1. The summed E-state index contributed by atoms with van der Waals surface area (Å²) in [5.41, 5.74) is 1.20. The largest absolute Gasteiger partial charge is 0.489 e. The monoisotopic (exact) mass is 249 g/mol. The molecule has 0 radical (unpaired) electrons. The number of para-hydroxylation sites is 1. The first-order chi connectivity index (χ1) is 8.50. The number of rotatable bonds is 7. The minimum atomic E-state index is 0.227. The Kier molecular flexibility index (Phi) is 6.20. The van der Waals surface area contributed by atoms with Crippen molar-refractivity contribution in [3.8, 4) is 5.75 Å². The number of hydrogen-bond acceptors (Lipinski definition) is 2. The lowest BCUT2D eigenvalue weighted by atomic mass is 10.1. The number of hydrogen-bond donors (Lipinski definition) is 1. The average molecular weight is 249 g/mol. The zero-order valence-electron chi connectivity index (χ0n) is 12.4. The molecule has 1 rings (SSSR count). The van der Waals surface area contributed by atoms with Gasteiger partial charge in [-0.15, -0.1) is 0 Å². The van der Waals surface area contributed by atoms with Crippen LogP contribution in [0.25, 0.3) is 0 Å². The number of nitrogens with one attached hydrogen (secondary N) is 1. The molecular formula is C16H27NO. The van der Waals surface area contributed by atoms with Gasteiger partial charge in [-0.05, 0) is 36.9 Å². The van der Waals surface area contributed by atoms with Crippen molar-refractivity contribution >= 4 is 0 Å². The molecule has 0 amide bonds. The van der Waals surface area contributed by atoms with E-state index < -0.39 is 0 Å². The van der Waals surface area contributed by atoms with Gasteiger partial charge < -0.3 is 10.1 Å². The Morgan fingerprint density at radius 1 is 1.06 bits per heavy atom. The predicted octanol–water partition coefficient (Wildman–Crippen LogP) is 3.64. The van der Waals surface area contributed by atoms with Crippen LogP contribution >= 0.6 is 0 Å². The van der Waals surface area contributed by atoms with Crippen molar-refractivity contribution < 1.29 is 4.74 Å². The molecule has 0 spiro atoms. The van der Waals surface area contributed by atoms with Crippen molar-refractivity contribution in [2.75, 3.05) is 13.1 Å². The molecule has 1 aromatic carbocycles. The van der Waals surface area contributed by atoms with Crippen LogP contribution in [0.1, 0.15) is 33.3 Å². The van der Waals surface area contributed by atoms with Crippen LogP contribution in [0.3, 0.4) is 0 Å². The maximum absolute atomic E-state index is 6.13. The molecule has 1 unspecified atom stereocenters. The molecule has 102 valence electrons. The van der Waals surface area contributed by atoms with Crippen molar-refractivity contribution in [1.29, 1.82) is 0 Å². The molecule has 0 bridgehead atoms. The molecule has 0 saturated carbocycles. The molecule has 18 heavy (non-hydrogen) atoms. The summed E-state index contributed by atoms with van der Waals surface area (Å²) >= 11 is 0. The third-order valence-electron chi connectivity index (χ3n) is 3.01. The molecule has 0 aliphatic rings. The Balaban J connectivity index is 2.55. The SMILES string of the molecule is Cc1ccccc1OC(CNCC(C)C)C(C)C. The van der Waals surface area contributed by atoms with Gasteiger partial charge in [0.25, 0.3) is 0 Å². The molecule has 0 fully saturated rings. The van der Waals surface area contributed by atoms with E-state index in [-0.39, 0.29) is 6.10 Å². The zero-order valence-corrected chi connectivity index (χ0v) is 12.4. The molecule has 0 saturated heterocycles. The van der Waals surface area contributed by atoms with Crippen LogP contribution in [0.5, 0.6) is 5.75 Å². The highest BCUT2D eigenvalue weighted by Gasteiger charge is 2.15. The normalized spacial score (nSPS) is 13.1. The van der Waals surface area contributed by atoms with E-state index in [0.717, 1.165) is 18.8 Å². The first-order valence-electron chi connectivity index (χ1n) is 6.93. The van der Waals surface area contributed by atoms with Gasteiger partial charge in [0.2, 0.25) is 0 Å². The van der Waals surface area contributed by atoms with Crippen LogP contribution in [0.15, 0.2) is 24.3 Å². The Labute approximate surface area is 112 Å². The minimum Gasteiger partial charge on any atom is -0.489 e. The van der Waals surface area contributed by atoms with Crippen LogP contribution in [-0.4, -0.2) is 19.2 Å². The highest BCUT2D eigenvalue weighted by molar-refractivity contribution is 5.31. The molecule has 0 aliphatic carbocycles. The fraction of sp³-hybridized carbons (Fsp3) is 0.625. The van der Waals surface area contributed by atoms with Gasteiger partial charge in [-0.3, -0.25) is 0 Å². The van der Waals surface area contributed by atoms with Gasteiger partial charge >= 0.3 is 0 Å². The lowest BCUT2D eigenvalue weighted by Crippen LogP contribution is -2.37. The molecule has 0 aromatic heterocycles. The van der Waals surface area contributed by atoms with E-state index >= 15 is 0 Å². The van der Waals surface area contributed by atoms with Crippen LogP contribution in [-0.2, 0) is 0 Å². The smallest absolute Gasteiger partial charge is 0.122 e. The van der Waals surface area contributed by atoms with Crippen LogP contribution in [0, 0.1) is 18.8 Å². The molecule has 2 nitrogen and oxygen atoms in total. The van der Waals surface area contributed by atoms with E-state index in [2.05, 4.69) is 46.0 Å². The molecule has 1 aromatic rings. The summed E-state index contributed by atoms with van der Waals surface area (Å²) in [7, 11) is 0. The van der Waals surface area contributed by atoms with Gasteiger partial charge in [0, 0.05) is 6.54 Å². The second-order valence-electron chi connectivity index (χ2n) is 5.72. The molecule has 1 N–H and O–H groups in total. The van der Waals surface area contributed by atoms with Gasteiger partial charge in [-0.2, -0.15) is 0 Å². The molecular weight excluding hydrogens is 222 g/mol. The standard InChI is InChI=1S/C16H27NO/c1-12(2)10-17-11-16(13(3)4)18-15-9-7-6-8-14(15)5/h6-9,12-13,16-17H,10-11H2,1-5H3. The highest BCUT2D eigenvalue weighted by Crippen LogP contribution is 2.20. The Morgan fingerprint density at radius 3 is 2.28 bits per heavy atom. The van der Waals surface area contributed by atoms with Crippen LogP contribution in [0.4, 0.5) is 0 Å². The van der Waals surface area contributed by atoms with E-state index in [1.807, 2.05) is 18.2 Å².